The standard InChI is InChI=1S/C17H18N2O5/c20-15(13-6-1-2-7-14(13)16(21)22)18-11-4-3-5-12(10-11)19-8-9-24-17(19)23/h1-5,10,13-14H,6-9H2,(H,18,20)(H,21,22)/t13-,14-/m0/s1. The molecule has 1 aliphatic carbocycles. The number of hydrogen-bond acceptors (Lipinski definition) is 4. The molecule has 7 heteroatoms. The summed E-state index contributed by atoms with van der Waals surface area (Å²) in [6.07, 6.45) is 3.97. The average Bonchev–Trinajstić information content (AvgIpc) is 3.01. The number of aliphatic carboxylic acids is 1. The summed E-state index contributed by atoms with van der Waals surface area (Å²) in [6, 6.07) is 6.87. The second-order valence-electron chi connectivity index (χ2n) is 5.80. The van der Waals surface area contributed by atoms with Gasteiger partial charge in [0.1, 0.15) is 6.61 Å². The number of cyclic esters (lactones) is 1. The first kappa shape index (κ1) is 16.0. The molecule has 1 aromatic rings. The number of hydrogen-bond donors (Lipinski definition) is 2. The molecule has 0 unspecified atom stereocenters. The lowest BCUT2D eigenvalue weighted by molar-refractivity contribution is -0.146. The number of nitrogens with zero attached hydrogens (tertiary/aromatic N) is 1. The van der Waals surface area contributed by atoms with Gasteiger partial charge in [0.25, 0.3) is 0 Å². The molecule has 2 atom stereocenters. The highest BCUT2D eigenvalue weighted by Crippen LogP contribution is 2.28. The maximum Gasteiger partial charge on any atom is 0.414 e. The molecule has 0 radical (unpaired) electrons. The van der Waals surface area contributed by atoms with Gasteiger partial charge in [-0.25, -0.2) is 4.79 Å². The van der Waals surface area contributed by atoms with E-state index in [0.29, 0.717) is 37.4 Å². The Bertz CT molecular complexity index is 700. The minimum absolute atomic E-state index is 0.326. The van der Waals surface area contributed by atoms with Crippen LogP contribution in [0.3, 0.4) is 0 Å². The molecule has 0 saturated carbocycles. The highest BCUT2D eigenvalue weighted by molar-refractivity contribution is 5.96. The normalized spacial score (nSPS) is 23.0. The molecule has 2 N–H and O–H groups in total. The van der Waals surface area contributed by atoms with E-state index in [1.807, 2.05) is 6.08 Å². The Morgan fingerprint density at radius 3 is 2.62 bits per heavy atom. The van der Waals surface area contributed by atoms with Crippen molar-refractivity contribution >= 4 is 29.3 Å². The zero-order valence-electron chi connectivity index (χ0n) is 13.0. The van der Waals surface area contributed by atoms with Crippen LogP contribution in [0.2, 0.25) is 0 Å². The number of carbonyl (C=O) groups excluding carboxylic acids is 2. The summed E-state index contributed by atoms with van der Waals surface area (Å²) in [4.78, 5) is 36.9. The molecule has 2 aliphatic rings. The molecular formula is C17H18N2O5. The van der Waals surface area contributed by atoms with E-state index in [9.17, 15) is 19.5 Å². The van der Waals surface area contributed by atoms with Gasteiger partial charge in [-0.15, -0.1) is 0 Å². The van der Waals surface area contributed by atoms with Crippen molar-refractivity contribution in [3.63, 3.8) is 0 Å². The molecule has 1 fully saturated rings. The van der Waals surface area contributed by atoms with E-state index in [1.165, 1.54) is 4.90 Å². The van der Waals surface area contributed by atoms with Crippen molar-refractivity contribution in [1.29, 1.82) is 0 Å². The quantitative estimate of drug-likeness (QED) is 0.826. The predicted octanol–water partition coefficient (Wildman–Crippen LogP) is 2.25. The molecule has 2 amide bonds. The van der Waals surface area contributed by atoms with Crippen molar-refractivity contribution in [2.24, 2.45) is 11.8 Å². The summed E-state index contributed by atoms with van der Waals surface area (Å²) in [6.45, 7) is 0.800. The second-order valence-corrected chi connectivity index (χ2v) is 5.80. The van der Waals surface area contributed by atoms with Crippen molar-refractivity contribution in [3.8, 4) is 0 Å². The van der Waals surface area contributed by atoms with Gasteiger partial charge in [-0.2, -0.15) is 0 Å². The van der Waals surface area contributed by atoms with E-state index in [2.05, 4.69) is 5.32 Å². The van der Waals surface area contributed by atoms with Gasteiger partial charge in [-0.1, -0.05) is 18.2 Å². The third-order valence-corrected chi connectivity index (χ3v) is 4.27. The van der Waals surface area contributed by atoms with Crippen LogP contribution in [-0.4, -0.2) is 36.2 Å². The minimum Gasteiger partial charge on any atom is -0.481 e. The van der Waals surface area contributed by atoms with E-state index in [-0.39, 0.29) is 5.91 Å². The van der Waals surface area contributed by atoms with Crippen LogP contribution < -0.4 is 10.2 Å². The van der Waals surface area contributed by atoms with Crippen molar-refractivity contribution in [2.75, 3.05) is 23.4 Å². The fourth-order valence-electron chi connectivity index (χ4n) is 2.99. The monoisotopic (exact) mass is 330 g/mol. The number of carbonyl (C=O) groups is 3. The molecule has 1 aliphatic heterocycles. The van der Waals surface area contributed by atoms with Crippen molar-refractivity contribution in [1.82, 2.24) is 0 Å². The molecule has 1 heterocycles. The van der Waals surface area contributed by atoms with E-state index < -0.39 is 23.9 Å². The SMILES string of the molecule is O=C(O)[C@H]1CC=CC[C@@H]1C(=O)Nc1cccc(N2CCOC2=O)c1. The first-order chi connectivity index (χ1) is 11.6. The molecule has 7 nitrogen and oxygen atoms in total. The largest absolute Gasteiger partial charge is 0.481 e. The average molecular weight is 330 g/mol. The first-order valence-electron chi connectivity index (χ1n) is 7.79. The van der Waals surface area contributed by atoms with Crippen LogP contribution in [0.1, 0.15) is 12.8 Å². The third-order valence-electron chi connectivity index (χ3n) is 4.27. The summed E-state index contributed by atoms with van der Waals surface area (Å²) in [5.41, 5.74) is 1.16. The van der Waals surface area contributed by atoms with Crippen molar-refractivity contribution < 1.29 is 24.2 Å². The third kappa shape index (κ3) is 3.24. The van der Waals surface area contributed by atoms with E-state index in [1.54, 1.807) is 30.3 Å². The number of carboxylic acid groups (broad SMARTS) is 1. The number of amides is 2. The highest BCUT2D eigenvalue weighted by atomic mass is 16.6. The van der Waals surface area contributed by atoms with Crippen LogP contribution in [0.15, 0.2) is 36.4 Å². The Morgan fingerprint density at radius 1 is 1.21 bits per heavy atom. The Labute approximate surface area is 138 Å². The zero-order valence-corrected chi connectivity index (χ0v) is 13.0. The highest BCUT2D eigenvalue weighted by Gasteiger charge is 2.34. The molecular weight excluding hydrogens is 312 g/mol. The number of carboxylic acids is 1. The van der Waals surface area contributed by atoms with Gasteiger partial charge in [0.2, 0.25) is 5.91 Å². The van der Waals surface area contributed by atoms with Gasteiger partial charge < -0.3 is 15.2 Å². The molecule has 24 heavy (non-hydrogen) atoms. The predicted molar refractivity (Wildman–Crippen MR) is 86.8 cm³/mol. The zero-order chi connectivity index (χ0) is 17.1. The lowest BCUT2D eigenvalue weighted by Crippen LogP contribution is -2.34. The van der Waals surface area contributed by atoms with E-state index in [4.69, 9.17) is 4.74 Å². The maximum atomic E-state index is 12.5. The number of benzene rings is 1. The van der Waals surface area contributed by atoms with Crippen LogP contribution >= 0.6 is 0 Å². The Balaban J connectivity index is 1.73. The number of nitrogens with one attached hydrogen (secondary N) is 1. The van der Waals surface area contributed by atoms with E-state index in [0.717, 1.165) is 0 Å². The van der Waals surface area contributed by atoms with Crippen LogP contribution in [0.25, 0.3) is 0 Å². The number of ether oxygens (including phenoxy) is 1. The number of anilines is 2. The van der Waals surface area contributed by atoms with Gasteiger partial charge in [0, 0.05) is 11.4 Å². The van der Waals surface area contributed by atoms with Crippen molar-refractivity contribution in [3.05, 3.63) is 36.4 Å². The molecule has 0 aromatic heterocycles. The molecule has 126 valence electrons. The van der Waals surface area contributed by atoms with Gasteiger partial charge in [-0.3, -0.25) is 14.5 Å². The van der Waals surface area contributed by atoms with Crippen LogP contribution in [-0.2, 0) is 14.3 Å². The fraction of sp³-hybridized carbons (Fsp3) is 0.353. The van der Waals surface area contributed by atoms with Gasteiger partial charge >= 0.3 is 12.1 Å². The first-order valence-corrected chi connectivity index (χ1v) is 7.79. The van der Waals surface area contributed by atoms with Crippen LogP contribution in [0.5, 0.6) is 0 Å². The maximum absolute atomic E-state index is 12.5. The molecule has 0 spiro atoms. The van der Waals surface area contributed by atoms with Crippen LogP contribution in [0.4, 0.5) is 16.2 Å². The molecule has 0 bridgehead atoms. The smallest absolute Gasteiger partial charge is 0.414 e. The van der Waals surface area contributed by atoms with Gasteiger partial charge in [-0.05, 0) is 31.0 Å². The van der Waals surface area contributed by atoms with Gasteiger partial charge in [0.05, 0.1) is 18.4 Å². The van der Waals surface area contributed by atoms with Gasteiger partial charge in [0.15, 0.2) is 0 Å². The number of allylic oxidation sites excluding steroid dienone is 2. The summed E-state index contributed by atoms with van der Waals surface area (Å²) >= 11 is 0. The van der Waals surface area contributed by atoms with E-state index >= 15 is 0 Å². The molecule has 1 saturated heterocycles. The lowest BCUT2D eigenvalue weighted by Gasteiger charge is -2.24. The lowest BCUT2D eigenvalue weighted by atomic mass is 9.82. The minimum atomic E-state index is -0.965. The summed E-state index contributed by atoms with van der Waals surface area (Å²) < 4.78 is 4.90. The second kappa shape index (κ2) is 6.74. The van der Waals surface area contributed by atoms with Crippen LogP contribution in [0, 0.1) is 11.8 Å². The molecule has 3 rings (SSSR count). The Hall–Kier alpha value is -2.83. The summed E-state index contributed by atoms with van der Waals surface area (Å²) in [7, 11) is 0. The Morgan fingerprint density at radius 2 is 1.96 bits per heavy atom. The summed E-state index contributed by atoms with van der Waals surface area (Å²) in [5, 5.41) is 12.0. The number of rotatable bonds is 4. The fourth-order valence-corrected chi connectivity index (χ4v) is 2.99. The van der Waals surface area contributed by atoms with Crippen molar-refractivity contribution in [2.45, 2.75) is 12.8 Å². The molecule has 1 aromatic carbocycles. The Kier molecular flexibility index (Phi) is 4.50. The summed E-state index contributed by atoms with van der Waals surface area (Å²) in [5.74, 6) is -2.61. The topological polar surface area (TPSA) is 95.9 Å².